The van der Waals surface area contributed by atoms with Gasteiger partial charge in [-0.2, -0.15) is 0 Å². The van der Waals surface area contributed by atoms with Gasteiger partial charge in [-0.3, -0.25) is 9.69 Å². The average Bonchev–Trinajstić information content (AvgIpc) is 2.88. The van der Waals surface area contributed by atoms with E-state index in [1.807, 2.05) is 36.4 Å². The highest BCUT2D eigenvalue weighted by Crippen LogP contribution is 2.35. The van der Waals surface area contributed by atoms with Gasteiger partial charge in [0.05, 0.1) is 6.42 Å². The molecule has 35 heavy (non-hydrogen) atoms. The highest BCUT2D eigenvalue weighted by Gasteiger charge is 2.28. The van der Waals surface area contributed by atoms with E-state index in [4.69, 9.17) is 0 Å². The number of carbonyl (C=O) groups is 1. The molecule has 0 amide bonds. The molecule has 3 heteroatoms. The van der Waals surface area contributed by atoms with E-state index in [0.717, 1.165) is 12.0 Å². The minimum atomic E-state index is -0.794. The van der Waals surface area contributed by atoms with Gasteiger partial charge in [0, 0.05) is 18.6 Å². The number of nitrogens with zero attached hydrogens (tertiary/aromatic N) is 1. The summed E-state index contributed by atoms with van der Waals surface area (Å²) in [6, 6.07) is 37.5. The molecule has 0 heterocycles. The second-order valence-corrected chi connectivity index (χ2v) is 9.27. The van der Waals surface area contributed by atoms with Crippen molar-refractivity contribution >= 4 is 5.97 Å². The Morgan fingerprint density at radius 1 is 0.743 bits per heavy atom. The number of aryl methyl sites for hydroxylation is 1. The first kappa shape index (κ1) is 24.4. The maximum Gasteiger partial charge on any atom is 0.305 e. The van der Waals surface area contributed by atoms with Crippen molar-refractivity contribution < 1.29 is 9.90 Å². The summed E-state index contributed by atoms with van der Waals surface area (Å²) in [7, 11) is 0. The molecule has 1 N–H and O–H groups in total. The zero-order chi connectivity index (χ0) is 24.6. The molecule has 0 bridgehead atoms. The zero-order valence-electron chi connectivity index (χ0n) is 20.5. The van der Waals surface area contributed by atoms with Crippen molar-refractivity contribution in [2.24, 2.45) is 0 Å². The van der Waals surface area contributed by atoms with E-state index in [-0.39, 0.29) is 18.5 Å². The number of carboxylic acid groups (broad SMARTS) is 1. The van der Waals surface area contributed by atoms with Crippen LogP contribution in [0.3, 0.4) is 0 Å². The molecule has 4 rings (SSSR count). The highest BCUT2D eigenvalue weighted by atomic mass is 16.4. The maximum atomic E-state index is 12.1. The number of carboxylic acids is 1. The summed E-state index contributed by atoms with van der Waals surface area (Å²) in [5.41, 5.74) is 7.07. The van der Waals surface area contributed by atoms with Gasteiger partial charge in [0.15, 0.2) is 0 Å². The normalized spacial score (nSPS) is 12.9. The molecule has 3 nitrogen and oxygen atoms in total. The number of hydrogen-bond acceptors (Lipinski definition) is 2. The van der Waals surface area contributed by atoms with Crippen LogP contribution in [0.4, 0.5) is 0 Å². The van der Waals surface area contributed by atoms with Gasteiger partial charge in [-0.15, -0.1) is 0 Å². The molecule has 0 radical (unpaired) electrons. The SMILES string of the molecule is Cc1ccc(Cc2cccc(C(CC(=O)O)N(Cc3ccccc3)[C@H](C)c3ccccc3)c2)cc1. The fraction of sp³-hybridized carbons (Fsp3) is 0.219. The summed E-state index contributed by atoms with van der Waals surface area (Å²) in [6.07, 6.45) is 0.860. The van der Waals surface area contributed by atoms with Crippen LogP contribution in [0.25, 0.3) is 0 Å². The van der Waals surface area contributed by atoms with Crippen molar-refractivity contribution in [2.75, 3.05) is 0 Å². The van der Waals surface area contributed by atoms with E-state index in [1.54, 1.807) is 0 Å². The Bertz CT molecular complexity index is 1220. The molecule has 178 valence electrons. The Morgan fingerprint density at radius 3 is 2.00 bits per heavy atom. The quantitative estimate of drug-likeness (QED) is 0.267. The molecule has 0 aromatic heterocycles. The zero-order valence-corrected chi connectivity index (χ0v) is 20.5. The Kier molecular flexibility index (Phi) is 8.12. The van der Waals surface area contributed by atoms with Crippen LogP contribution >= 0.6 is 0 Å². The molecular formula is C32H33NO2. The molecule has 2 atom stereocenters. The molecule has 4 aromatic rings. The molecule has 0 aliphatic rings. The van der Waals surface area contributed by atoms with Crippen molar-refractivity contribution in [3.8, 4) is 0 Å². The lowest BCUT2D eigenvalue weighted by Crippen LogP contribution is -2.32. The Balaban J connectivity index is 1.71. The van der Waals surface area contributed by atoms with E-state index in [0.29, 0.717) is 6.54 Å². The second kappa shape index (κ2) is 11.6. The van der Waals surface area contributed by atoms with Crippen LogP contribution < -0.4 is 0 Å². The number of aliphatic carboxylic acids is 1. The summed E-state index contributed by atoms with van der Waals surface area (Å²) >= 11 is 0. The van der Waals surface area contributed by atoms with E-state index in [2.05, 4.69) is 91.5 Å². The molecule has 0 saturated heterocycles. The van der Waals surface area contributed by atoms with Crippen LogP contribution in [0.15, 0.2) is 109 Å². The molecule has 0 aliphatic carbocycles. The molecule has 0 aliphatic heterocycles. The standard InChI is InChI=1S/C32H33NO2/c1-24-16-18-26(19-17-24)20-28-12-9-15-30(21-28)31(22-32(34)35)33(23-27-10-5-3-6-11-27)25(2)29-13-7-4-8-14-29/h3-19,21,25,31H,20,22-23H2,1-2H3,(H,34,35)/t25-,31?/m1/s1. The summed E-state index contributed by atoms with van der Waals surface area (Å²) in [5, 5.41) is 9.92. The largest absolute Gasteiger partial charge is 0.481 e. The summed E-state index contributed by atoms with van der Waals surface area (Å²) < 4.78 is 0. The van der Waals surface area contributed by atoms with Crippen LogP contribution in [-0.2, 0) is 17.8 Å². The van der Waals surface area contributed by atoms with Gasteiger partial charge in [0.1, 0.15) is 0 Å². The minimum absolute atomic E-state index is 0.0397. The average molecular weight is 464 g/mol. The first-order valence-corrected chi connectivity index (χ1v) is 12.2. The number of rotatable bonds is 10. The second-order valence-electron chi connectivity index (χ2n) is 9.27. The maximum absolute atomic E-state index is 12.1. The molecular weight excluding hydrogens is 430 g/mol. The monoisotopic (exact) mass is 463 g/mol. The van der Waals surface area contributed by atoms with Gasteiger partial charge in [-0.05, 0) is 48.1 Å². The summed E-state index contributed by atoms with van der Waals surface area (Å²) in [6.45, 7) is 4.93. The van der Waals surface area contributed by atoms with Gasteiger partial charge in [0.2, 0.25) is 0 Å². The lowest BCUT2D eigenvalue weighted by Gasteiger charge is -2.37. The van der Waals surface area contributed by atoms with Crippen molar-refractivity contribution in [3.63, 3.8) is 0 Å². The smallest absolute Gasteiger partial charge is 0.305 e. The molecule has 0 saturated carbocycles. The molecule has 1 unspecified atom stereocenters. The van der Waals surface area contributed by atoms with Crippen molar-refractivity contribution in [2.45, 2.75) is 45.3 Å². The van der Waals surface area contributed by atoms with Gasteiger partial charge >= 0.3 is 5.97 Å². The minimum Gasteiger partial charge on any atom is -0.481 e. The van der Waals surface area contributed by atoms with E-state index < -0.39 is 5.97 Å². The van der Waals surface area contributed by atoms with Gasteiger partial charge in [0.25, 0.3) is 0 Å². The molecule has 0 spiro atoms. The number of benzene rings is 4. The van der Waals surface area contributed by atoms with Crippen LogP contribution in [-0.4, -0.2) is 16.0 Å². The Labute approximate surface area is 208 Å². The predicted molar refractivity (Wildman–Crippen MR) is 142 cm³/mol. The third kappa shape index (κ3) is 6.68. The highest BCUT2D eigenvalue weighted by molar-refractivity contribution is 5.68. The van der Waals surface area contributed by atoms with Crippen molar-refractivity contribution in [3.05, 3.63) is 143 Å². The van der Waals surface area contributed by atoms with Crippen LogP contribution in [0.1, 0.15) is 58.8 Å². The molecule has 0 fully saturated rings. The first-order valence-electron chi connectivity index (χ1n) is 12.2. The van der Waals surface area contributed by atoms with Crippen LogP contribution in [0.5, 0.6) is 0 Å². The lowest BCUT2D eigenvalue weighted by molar-refractivity contribution is -0.138. The fourth-order valence-electron chi connectivity index (χ4n) is 4.68. The Hall–Kier alpha value is -3.69. The lowest BCUT2D eigenvalue weighted by atomic mass is 9.94. The Morgan fingerprint density at radius 2 is 1.34 bits per heavy atom. The van der Waals surface area contributed by atoms with Crippen molar-refractivity contribution in [1.82, 2.24) is 4.90 Å². The molecule has 4 aromatic carbocycles. The van der Waals surface area contributed by atoms with Gasteiger partial charge in [-0.25, -0.2) is 0 Å². The third-order valence-corrected chi connectivity index (χ3v) is 6.62. The van der Waals surface area contributed by atoms with Crippen LogP contribution in [0, 0.1) is 6.92 Å². The predicted octanol–water partition coefficient (Wildman–Crippen LogP) is 7.37. The van der Waals surface area contributed by atoms with Gasteiger partial charge in [-0.1, -0.05) is 115 Å². The van der Waals surface area contributed by atoms with E-state index >= 15 is 0 Å². The van der Waals surface area contributed by atoms with Crippen LogP contribution in [0.2, 0.25) is 0 Å². The first-order chi connectivity index (χ1) is 17.0. The topological polar surface area (TPSA) is 40.5 Å². The van der Waals surface area contributed by atoms with Crippen molar-refractivity contribution in [1.29, 1.82) is 0 Å². The summed E-state index contributed by atoms with van der Waals surface area (Å²) in [4.78, 5) is 14.4. The van der Waals surface area contributed by atoms with E-state index in [1.165, 1.54) is 27.8 Å². The third-order valence-electron chi connectivity index (χ3n) is 6.62. The van der Waals surface area contributed by atoms with E-state index in [9.17, 15) is 9.90 Å². The summed E-state index contributed by atoms with van der Waals surface area (Å²) in [5.74, 6) is -0.794. The van der Waals surface area contributed by atoms with Gasteiger partial charge < -0.3 is 5.11 Å². The number of hydrogen-bond donors (Lipinski definition) is 1. The fourth-order valence-corrected chi connectivity index (χ4v) is 4.68.